The average Bonchev–Trinajstić information content (AvgIpc) is 2.00. The van der Waals surface area contributed by atoms with Crippen LogP contribution in [0.1, 0.15) is 20.3 Å². The van der Waals surface area contributed by atoms with Gasteiger partial charge in [0.15, 0.2) is 0 Å². The Hall–Kier alpha value is 0.270. The number of hydrogen-bond acceptors (Lipinski definition) is 3. The van der Waals surface area contributed by atoms with E-state index in [2.05, 4.69) is 25.4 Å². The minimum Gasteiger partial charge on any atom is -0.329 e. The van der Waals surface area contributed by atoms with Gasteiger partial charge in [-0.3, -0.25) is 0 Å². The van der Waals surface area contributed by atoms with Gasteiger partial charge in [0, 0.05) is 18.6 Å². The van der Waals surface area contributed by atoms with Crippen molar-refractivity contribution in [3.05, 3.63) is 0 Å². The zero-order chi connectivity index (χ0) is 8.69. The SMILES string of the molecule is CSCCC(C)NC(C)CN. The molecule has 0 saturated heterocycles. The molecular weight excluding hydrogens is 156 g/mol. The highest BCUT2D eigenvalue weighted by Gasteiger charge is 2.03. The van der Waals surface area contributed by atoms with Crippen molar-refractivity contribution in [2.45, 2.75) is 32.4 Å². The smallest absolute Gasteiger partial charge is 0.0164 e. The topological polar surface area (TPSA) is 38.0 Å². The standard InChI is InChI=1S/C8H20N2S/c1-7(4-5-11-3)10-8(2)6-9/h7-8,10H,4-6,9H2,1-3H3. The Labute approximate surface area is 74.3 Å². The largest absolute Gasteiger partial charge is 0.329 e. The molecule has 11 heavy (non-hydrogen) atoms. The first-order valence-electron chi connectivity index (χ1n) is 4.15. The van der Waals surface area contributed by atoms with Crippen molar-refractivity contribution in [2.75, 3.05) is 18.6 Å². The lowest BCUT2D eigenvalue weighted by Gasteiger charge is -2.17. The third-order valence-electron chi connectivity index (χ3n) is 1.68. The summed E-state index contributed by atoms with van der Waals surface area (Å²) >= 11 is 1.89. The van der Waals surface area contributed by atoms with Gasteiger partial charge in [-0.25, -0.2) is 0 Å². The summed E-state index contributed by atoms with van der Waals surface area (Å²) in [7, 11) is 0. The van der Waals surface area contributed by atoms with Crippen LogP contribution in [0, 0.1) is 0 Å². The molecule has 2 nitrogen and oxygen atoms in total. The van der Waals surface area contributed by atoms with Gasteiger partial charge in [0.05, 0.1) is 0 Å². The Kier molecular flexibility index (Phi) is 7.12. The van der Waals surface area contributed by atoms with Gasteiger partial charge >= 0.3 is 0 Å². The summed E-state index contributed by atoms with van der Waals surface area (Å²) in [4.78, 5) is 0. The Bertz CT molecular complexity index is 88.2. The van der Waals surface area contributed by atoms with E-state index in [1.165, 1.54) is 12.2 Å². The third-order valence-corrected chi connectivity index (χ3v) is 2.32. The molecule has 0 spiro atoms. The second kappa shape index (κ2) is 6.95. The van der Waals surface area contributed by atoms with Crippen molar-refractivity contribution in [1.82, 2.24) is 5.32 Å². The van der Waals surface area contributed by atoms with Gasteiger partial charge in [-0.05, 0) is 32.3 Å². The molecule has 68 valence electrons. The van der Waals surface area contributed by atoms with Crippen LogP contribution in [0.25, 0.3) is 0 Å². The van der Waals surface area contributed by atoms with Crippen LogP contribution in [-0.4, -0.2) is 30.6 Å². The molecule has 3 N–H and O–H groups in total. The Morgan fingerprint density at radius 3 is 2.45 bits per heavy atom. The fourth-order valence-electron chi connectivity index (χ4n) is 0.932. The van der Waals surface area contributed by atoms with E-state index >= 15 is 0 Å². The molecular formula is C8H20N2S. The Balaban J connectivity index is 3.27. The summed E-state index contributed by atoms with van der Waals surface area (Å²) in [5, 5.41) is 3.43. The van der Waals surface area contributed by atoms with Crippen molar-refractivity contribution in [3.8, 4) is 0 Å². The Morgan fingerprint density at radius 1 is 1.36 bits per heavy atom. The van der Waals surface area contributed by atoms with Crippen LogP contribution in [0.3, 0.4) is 0 Å². The number of nitrogens with two attached hydrogens (primary N) is 1. The average molecular weight is 176 g/mol. The van der Waals surface area contributed by atoms with Crippen molar-refractivity contribution in [1.29, 1.82) is 0 Å². The van der Waals surface area contributed by atoms with Crippen molar-refractivity contribution in [3.63, 3.8) is 0 Å². The summed E-state index contributed by atoms with van der Waals surface area (Å²) in [6.45, 7) is 5.06. The van der Waals surface area contributed by atoms with E-state index in [-0.39, 0.29) is 0 Å². The molecule has 0 amide bonds. The van der Waals surface area contributed by atoms with E-state index in [1.807, 2.05) is 11.8 Å². The maximum absolute atomic E-state index is 5.48. The monoisotopic (exact) mass is 176 g/mol. The van der Waals surface area contributed by atoms with Crippen LogP contribution < -0.4 is 11.1 Å². The van der Waals surface area contributed by atoms with Gasteiger partial charge in [-0.15, -0.1) is 0 Å². The lowest BCUT2D eigenvalue weighted by atomic mass is 10.2. The van der Waals surface area contributed by atoms with E-state index in [4.69, 9.17) is 5.73 Å². The number of thioether (sulfide) groups is 1. The number of rotatable bonds is 6. The van der Waals surface area contributed by atoms with Crippen molar-refractivity contribution < 1.29 is 0 Å². The van der Waals surface area contributed by atoms with Crippen molar-refractivity contribution >= 4 is 11.8 Å². The van der Waals surface area contributed by atoms with Crippen LogP contribution in [0.2, 0.25) is 0 Å². The van der Waals surface area contributed by atoms with Crippen LogP contribution in [-0.2, 0) is 0 Å². The van der Waals surface area contributed by atoms with Crippen LogP contribution in [0.4, 0.5) is 0 Å². The van der Waals surface area contributed by atoms with Crippen LogP contribution >= 0.6 is 11.8 Å². The molecule has 0 heterocycles. The molecule has 0 saturated carbocycles. The lowest BCUT2D eigenvalue weighted by molar-refractivity contribution is 0.465. The number of hydrogen-bond donors (Lipinski definition) is 2. The van der Waals surface area contributed by atoms with Gasteiger partial charge in [0.1, 0.15) is 0 Å². The highest BCUT2D eigenvalue weighted by atomic mass is 32.2. The second-order valence-electron chi connectivity index (χ2n) is 2.99. The minimum absolute atomic E-state index is 0.451. The number of nitrogens with one attached hydrogen (secondary N) is 1. The van der Waals surface area contributed by atoms with E-state index in [9.17, 15) is 0 Å². The maximum Gasteiger partial charge on any atom is 0.0164 e. The molecule has 2 atom stereocenters. The first-order chi connectivity index (χ1) is 5.20. The first kappa shape index (κ1) is 11.3. The van der Waals surface area contributed by atoms with Gasteiger partial charge in [0.25, 0.3) is 0 Å². The van der Waals surface area contributed by atoms with E-state index in [0.29, 0.717) is 12.1 Å². The molecule has 0 aliphatic heterocycles. The summed E-state index contributed by atoms with van der Waals surface area (Å²) < 4.78 is 0. The van der Waals surface area contributed by atoms with Crippen LogP contribution in [0.15, 0.2) is 0 Å². The summed E-state index contributed by atoms with van der Waals surface area (Å²) in [6.07, 6.45) is 3.37. The summed E-state index contributed by atoms with van der Waals surface area (Å²) in [5.41, 5.74) is 5.48. The quantitative estimate of drug-likeness (QED) is 0.635. The fraction of sp³-hybridized carbons (Fsp3) is 1.00. The predicted octanol–water partition coefficient (Wildman–Crippen LogP) is 1.06. The first-order valence-corrected chi connectivity index (χ1v) is 5.55. The molecule has 0 aromatic carbocycles. The summed E-state index contributed by atoms with van der Waals surface area (Å²) in [5.74, 6) is 1.23. The molecule has 0 aromatic rings. The van der Waals surface area contributed by atoms with Crippen molar-refractivity contribution in [2.24, 2.45) is 5.73 Å². The Morgan fingerprint density at radius 2 is 2.00 bits per heavy atom. The molecule has 0 fully saturated rings. The van der Waals surface area contributed by atoms with E-state index in [0.717, 1.165) is 6.54 Å². The van der Waals surface area contributed by atoms with Crippen LogP contribution in [0.5, 0.6) is 0 Å². The third kappa shape index (κ3) is 6.66. The summed E-state index contributed by atoms with van der Waals surface area (Å²) in [6, 6.07) is 1.05. The predicted molar refractivity (Wildman–Crippen MR) is 54.1 cm³/mol. The molecule has 3 heteroatoms. The molecule has 0 bridgehead atoms. The van der Waals surface area contributed by atoms with Gasteiger partial charge in [-0.2, -0.15) is 11.8 Å². The second-order valence-corrected chi connectivity index (χ2v) is 3.97. The lowest BCUT2D eigenvalue weighted by Crippen LogP contribution is -2.39. The van der Waals surface area contributed by atoms with Gasteiger partial charge in [0.2, 0.25) is 0 Å². The highest BCUT2D eigenvalue weighted by Crippen LogP contribution is 2.00. The van der Waals surface area contributed by atoms with Gasteiger partial charge in [-0.1, -0.05) is 0 Å². The zero-order valence-corrected chi connectivity index (χ0v) is 8.58. The highest BCUT2D eigenvalue weighted by molar-refractivity contribution is 7.98. The molecule has 0 aliphatic carbocycles. The van der Waals surface area contributed by atoms with E-state index < -0.39 is 0 Å². The van der Waals surface area contributed by atoms with E-state index in [1.54, 1.807) is 0 Å². The molecule has 0 radical (unpaired) electrons. The van der Waals surface area contributed by atoms with Gasteiger partial charge < -0.3 is 11.1 Å². The normalized spacial score (nSPS) is 16.4. The zero-order valence-electron chi connectivity index (χ0n) is 7.76. The molecule has 2 unspecified atom stereocenters. The molecule has 0 rings (SSSR count). The fourth-order valence-corrected chi connectivity index (χ4v) is 1.52. The molecule has 0 aromatic heterocycles. The molecule has 0 aliphatic rings. The minimum atomic E-state index is 0.451. The maximum atomic E-state index is 5.48.